The third-order valence-corrected chi connectivity index (χ3v) is 2.23. The molecule has 1 aromatic heterocycles. The van der Waals surface area contributed by atoms with Crippen LogP contribution in [0.3, 0.4) is 0 Å². The summed E-state index contributed by atoms with van der Waals surface area (Å²) >= 11 is 0. The van der Waals surface area contributed by atoms with Gasteiger partial charge in [0, 0.05) is 18.0 Å². The average molecular weight is 241 g/mol. The van der Waals surface area contributed by atoms with E-state index in [4.69, 9.17) is 0 Å². The maximum atomic E-state index is 11.6. The zero-order valence-electron chi connectivity index (χ0n) is 9.45. The summed E-state index contributed by atoms with van der Waals surface area (Å²) in [5.41, 5.74) is 3.31. The van der Waals surface area contributed by atoms with Gasteiger partial charge in [0.25, 0.3) is 5.91 Å². The van der Waals surface area contributed by atoms with E-state index in [0.29, 0.717) is 11.1 Å². The molecule has 0 saturated carbocycles. The van der Waals surface area contributed by atoms with Crippen LogP contribution < -0.4 is 5.43 Å². The molecule has 2 aromatic rings. The Hall–Kier alpha value is -2.69. The highest BCUT2D eigenvalue weighted by Gasteiger charge is 2.02. The summed E-state index contributed by atoms with van der Waals surface area (Å²) in [6.07, 6.45) is 4.41. The van der Waals surface area contributed by atoms with E-state index in [9.17, 15) is 9.90 Å². The van der Waals surface area contributed by atoms with Gasteiger partial charge in [-0.15, -0.1) is 0 Å². The van der Waals surface area contributed by atoms with E-state index in [1.54, 1.807) is 42.6 Å². The molecule has 0 aliphatic heterocycles. The summed E-state index contributed by atoms with van der Waals surface area (Å²) in [7, 11) is 0. The summed E-state index contributed by atoms with van der Waals surface area (Å²) in [5.74, 6) is -0.244. The Bertz CT molecular complexity index is 567. The predicted molar refractivity (Wildman–Crippen MR) is 67.4 cm³/mol. The van der Waals surface area contributed by atoms with Crippen LogP contribution in [0, 0.1) is 0 Å². The van der Waals surface area contributed by atoms with Crippen molar-refractivity contribution >= 4 is 12.1 Å². The molecule has 0 aliphatic rings. The van der Waals surface area contributed by atoms with Crippen molar-refractivity contribution in [3.8, 4) is 5.75 Å². The number of phenolic OH excluding ortho intramolecular Hbond substituents is 1. The lowest BCUT2D eigenvalue weighted by atomic mass is 10.2. The number of hydrogen-bond acceptors (Lipinski definition) is 4. The molecule has 0 aliphatic carbocycles. The molecule has 0 saturated heterocycles. The molecule has 18 heavy (non-hydrogen) atoms. The molecule has 1 amide bonds. The number of amides is 1. The van der Waals surface area contributed by atoms with Gasteiger partial charge in [-0.05, 0) is 24.3 Å². The summed E-state index contributed by atoms with van der Waals surface area (Å²) in [4.78, 5) is 15.4. The summed E-state index contributed by atoms with van der Waals surface area (Å²) in [6, 6.07) is 10.0. The number of nitrogens with one attached hydrogen (secondary N) is 1. The number of aromatic hydroxyl groups is 1. The monoisotopic (exact) mass is 241 g/mol. The first-order valence-electron chi connectivity index (χ1n) is 5.29. The van der Waals surface area contributed by atoms with Gasteiger partial charge in [-0.2, -0.15) is 5.10 Å². The molecule has 0 fully saturated rings. The minimum atomic E-state index is -0.352. The first-order valence-corrected chi connectivity index (χ1v) is 5.29. The molecule has 2 N–H and O–H groups in total. The Balaban J connectivity index is 2.00. The Labute approximate surface area is 104 Å². The quantitative estimate of drug-likeness (QED) is 0.632. The SMILES string of the molecule is O=C(NN=Cc1ccccc1O)c1cccnc1. The fourth-order valence-electron chi connectivity index (χ4n) is 1.32. The van der Waals surface area contributed by atoms with Gasteiger partial charge in [0.05, 0.1) is 11.8 Å². The van der Waals surface area contributed by atoms with Gasteiger partial charge in [-0.3, -0.25) is 9.78 Å². The van der Waals surface area contributed by atoms with E-state index in [-0.39, 0.29) is 11.7 Å². The third kappa shape index (κ3) is 2.91. The molecule has 1 aromatic carbocycles. The molecule has 5 heteroatoms. The van der Waals surface area contributed by atoms with Crippen LogP contribution in [0.5, 0.6) is 5.75 Å². The maximum absolute atomic E-state index is 11.6. The molecule has 90 valence electrons. The molecule has 0 spiro atoms. The van der Waals surface area contributed by atoms with Gasteiger partial charge in [0.1, 0.15) is 5.75 Å². The zero-order valence-corrected chi connectivity index (χ0v) is 9.45. The van der Waals surface area contributed by atoms with E-state index in [0.717, 1.165) is 0 Å². The van der Waals surface area contributed by atoms with Gasteiger partial charge in [0.15, 0.2) is 0 Å². The minimum Gasteiger partial charge on any atom is -0.507 e. The Morgan fingerprint density at radius 3 is 2.83 bits per heavy atom. The second kappa shape index (κ2) is 5.58. The number of benzene rings is 1. The van der Waals surface area contributed by atoms with Crippen molar-refractivity contribution in [1.29, 1.82) is 0 Å². The topological polar surface area (TPSA) is 74.6 Å². The normalized spacial score (nSPS) is 10.4. The van der Waals surface area contributed by atoms with Crippen LogP contribution in [-0.2, 0) is 0 Å². The minimum absolute atomic E-state index is 0.108. The molecule has 1 heterocycles. The lowest BCUT2D eigenvalue weighted by molar-refractivity contribution is 0.0954. The number of pyridine rings is 1. The van der Waals surface area contributed by atoms with Crippen molar-refractivity contribution in [2.75, 3.05) is 0 Å². The Morgan fingerprint density at radius 2 is 2.11 bits per heavy atom. The van der Waals surface area contributed by atoms with Crippen molar-refractivity contribution in [1.82, 2.24) is 10.4 Å². The summed E-state index contributed by atoms with van der Waals surface area (Å²) in [6.45, 7) is 0. The van der Waals surface area contributed by atoms with Gasteiger partial charge >= 0.3 is 0 Å². The molecular weight excluding hydrogens is 230 g/mol. The van der Waals surface area contributed by atoms with Crippen molar-refractivity contribution in [2.45, 2.75) is 0 Å². The number of aromatic nitrogens is 1. The Kier molecular flexibility index (Phi) is 3.66. The maximum Gasteiger partial charge on any atom is 0.272 e. The summed E-state index contributed by atoms with van der Waals surface area (Å²) in [5, 5.41) is 13.2. The number of carbonyl (C=O) groups excluding carboxylic acids is 1. The van der Waals surface area contributed by atoms with E-state index < -0.39 is 0 Å². The van der Waals surface area contributed by atoms with Gasteiger partial charge in [-0.25, -0.2) is 5.43 Å². The number of nitrogens with zero attached hydrogens (tertiary/aromatic N) is 2. The largest absolute Gasteiger partial charge is 0.507 e. The summed E-state index contributed by atoms with van der Waals surface area (Å²) < 4.78 is 0. The molecule has 0 atom stereocenters. The van der Waals surface area contributed by atoms with Crippen molar-refractivity contribution in [3.05, 3.63) is 59.9 Å². The van der Waals surface area contributed by atoms with E-state index in [1.807, 2.05) is 0 Å². The first-order chi connectivity index (χ1) is 8.77. The van der Waals surface area contributed by atoms with Crippen LogP contribution in [0.2, 0.25) is 0 Å². The smallest absolute Gasteiger partial charge is 0.272 e. The number of hydrazone groups is 1. The molecule has 0 radical (unpaired) electrons. The lowest BCUT2D eigenvalue weighted by Crippen LogP contribution is -2.17. The van der Waals surface area contributed by atoms with Crippen molar-refractivity contribution < 1.29 is 9.90 Å². The number of para-hydroxylation sites is 1. The number of carbonyl (C=O) groups is 1. The van der Waals surface area contributed by atoms with E-state index in [2.05, 4.69) is 15.5 Å². The van der Waals surface area contributed by atoms with Crippen LogP contribution in [0.25, 0.3) is 0 Å². The molecule has 0 unspecified atom stereocenters. The van der Waals surface area contributed by atoms with E-state index in [1.165, 1.54) is 12.4 Å². The third-order valence-electron chi connectivity index (χ3n) is 2.23. The molecule has 2 rings (SSSR count). The highest BCUT2D eigenvalue weighted by molar-refractivity contribution is 5.94. The van der Waals surface area contributed by atoms with Gasteiger partial charge in [-0.1, -0.05) is 12.1 Å². The van der Waals surface area contributed by atoms with Crippen LogP contribution in [0.4, 0.5) is 0 Å². The van der Waals surface area contributed by atoms with Crippen LogP contribution in [0.1, 0.15) is 15.9 Å². The second-order valence-electron chi connectivity index (χ2n) is 3.50. The molecule has 5 nitrogen and oxygen atoms in total. The first kappa shape index (κ1) is 11.8. The van der Waals surface area contributed by atoms with Crippen molar-refractivity contribution in [3.63, 3.8) is 0 Å². The molecular formula is C13H11N3O2. The van der Waals surface area contributed by atoms with Gasteiger partial charge < -0.3 is 5.11 Å². The van der Waals surface area contributed by atoms with Crippen LogP contribution >= 0.6 is 0 Å². The van der Waals surface area contributed by atoms with Crippen LogP contribution in [-0.4, -0.2) is 22.2 Å². The number of hydrogen-bond donors (Lipinski definition) is 2. The number of phenols is 1. The highest BCUT2D eigenvalue weighted by Crippen LogP contribution is 2.12. The van der Waals surface area contributed by atoms with E-state index >= 15 is 0 Å². The van der Waals surface area contributed by atoms with Crippen LogP contribution in [0.15, 0.2) is 53.9 Å². The lowest BCUT2D eigenvalue weighted by Gasteiger charge is -1.99. The highest BCUT2D eigenvalue weighted by atomic mass is 16.3. The predicted octanol–water partition coefficient (Wildman–Crippen LogP) is 1.55. The Morgan fingerprint density at radius 1 is 1.28 bits per heavy atom. The zero-order chi connectivity index (χ0) is 12.8. The van der Waals surface area contributed by atoms with Crippen molar-refractivity contribution in [2.24, 2.45) is 5.10 Å². The molecule has 0 bridgehead atoms. The fourth-order valence-corrected chi connectivity index (χ4v) is 1.32. The average Bonchev–Trinajstić information content (AvgIpc) is 2.42. The number of rotatable bonds is 3. The standard InChI is InChI=1S/C13H11N3O2/c17-12-6-2-1-4-10(12)9-15-16-13(18)11-5-3-7-14-8-11/h1-9,17H,(H,16,18). The van der Waals surface area contributed by atoms with Gasteiger partial charge in [0.2, 0.25) is 0 Å². The fraction of sp³-hybridized carbons (Fsp3) is 0. The second-order valence-corrected chi connectivity index (χ2v) is 3.50.